The van der Waals surface area contributed by atoms with Crippen molar-refractivity contribution in [3.05, 3.63) is 58.7 Å². The third kappa shape index (κ3) is 3.17. The predicted molar refractivity (Wildman–Crippen MR) is 110 cm³/mol. The van der Waals surface area contributed by atoms with Crippen molar-refractivity contribution in [3.63, 3.8) is 0 Å². The molecule has 142 valence electrons. The van der Waals surface area contributed by atoms with Crippen LogP contribution >= 0.6 is 15.9 Å². The molecule has 4 rings (SSSR count). The second kappa shape index (κ2) is 6.96. The van der Waals surface area contributed by atoms with E-state index in [4.69, 9.17) is 4.74 Å². The molecule has 1 fully saturated rings. The van der Waals surface area contributed by atoms with E-state index in [2.05, 4.69) is 27.9 Å². The Bertz CT molecular complexity index is 1110. The lowest BCUT2D eigenvalue weighted by Gasteiger charge is -2.10. The van der Waals surface area contributed by atoms with Gasteiger partial charge in [-0.25, -0.2) is 12.4 Å². The molecule has 3 aromatic rings. The second-order valence-electron chi connectivity index (χ2n) is 6.95. The standard InChI is InChI=1S/C20H21BrN2O3S/c1-22-10-9-14(12-22)17-13-23(19-11-15(26-2)7-8-16(17)19)27(24,25)20-6-4-3-5-18(20)21/h3-8,11,13-14H,9-10,12H2,1-2H3/t14-/m0/s1. The molecule has 2 heterocycles. The van der Waals surface area contributed by atoms with Crippen molar-refractivity contribution in [1.29, 1.82) is 0 Å². The van der Waals surface area contributed by atoms with Crippen LogP contribution in [0.2, 0.25) is 0 Å². The van der Waals surface area contributed by atoms with Gasteiger partial charge >= 0.3 is 0 Å². The molecule has 0 amide bonds. The molecule has 1 saturated heterocycles. The number of ether oxygens (including phenoxy) is 1. The number of benzene rings is 2. The monoisotopic (exact) mass is 448 g/mol. The molecular weight excluding hydrogens is 428 g/mol. The maximum absolute atomic E-state index is 13.4. The summed E-state index contributed by atoms with van der Waals surface area (Å²) in [5.41, 5.74) is 1.72. The normalized spacial score (nSPS) is 18.3. The molecular formula is C20H21BrN2O3S. The van der Waals surface area contributed by atoms with Crippen LogP contribution in [-0.4, -0.2) is 44.5 Å². The first-order valence-corrected chi connectivity index (χ1v) is 11.0. The zero-order valence-electron chi connectivity index (χ0n) is 15.2. The highest BCUT2D eigenvalue weighted by Gasteiger charge is 2.28. The molecule has 5 nitrogen and oxygen atoms in total. The SMILES string of the molecule is COc1ccc2c([C@H]3CCN(C)C3)cn(S(=O)(=O)c3ccccc3Br)c2c1. The number of fused-ring (bicyclic) bond motifs is 1. The van der Waals surface area contributed by atoms with Crippen LogP contribution in [0.5, 0.6) is 5.75 Å². The van der Waals surface area contributed by atoms with Crippen LogP contribution in [0.1, 0.15) is 17.9 Å². The van der Waals surface area contributed by atoms with Crippen LogP contribution < -0.4 is 4.74 Å². The molecule has 1 aliphatic rings. The van der Waals surface area contributed by atoms with E-state index in [0.29, 0.717) is 21.7 Å². The summed E-state index contributed by atoms with van der Waals surface area (Å²) >= 11 is 3.38. The molecule has 0 bridgehead atoms. The summed E-state index contributed by atoms with van der Waals surface area (Å²) in [5, 5.41) is 0.965. The second-order valence-corrected chi connectivity index (χ2v) is 9.58. The highest BCUT2D eigenvalue weighted by molar-refractivity contribution is 9.10. The summed E-state index contributed by atoms with van der Waals surface area (Å²) in [6.45, 7) is 1.95. The van der Waals surface area contributed by atoms with Gasteiger partial charge in [0.2, 0.25) is 0 Å². The number of likely N-dealkylation sites (tertiary alicyclic amines) is 1. The minimum Gasteiger partial charge on any atom is -0.497 e. The van der Waals surface area contributed by atoms with Crippen molar-refractivity contribution in [1.82, 2.24) is 8.87 Å². The topological polar surface area (TPSA) is 51.5 Å². The highest BCUT2D eigenvalue weighted by Crippen LogP contribution is 2.37. The number of hydrogen-bond acceptors (Lipinski definition) is 4. The highest BCUT2D eigenvalue weighted by atomic mass is 79.9. The van der Waals surface area contributed by atoms with Gasteiger partial charge in [-0.15, -0.1) is 0 Å². The van der Waals surface area contributed by atoms with Crippen LogP contribution in [0.15, 0.2) is 58.0 Å². The van der Waals surface area contributed by atoms with Crippen LogP contribution in [0, 0.1) is 0 Å². The predicted octanol–water partition coefficient (Wildman–Crippen LogP) is 4.07. The van der Waals surface area contributed by atoms with Crippen molar-refractivity contribution in [2.45, 2.75) is 17.2 Å². The fourth-order valence-corrected chi connectivity index (χ4v) is 6.14. The summed E-state index contributed by atoms with van der Waals surface area (Å²) < 4.78 is 34.2. The summed E-state index contributed by atoms with van der Waals surface area (Å²) in [4.78, 5) is 2.53. The summed E-state index contributed by atoms with van der Waals surface area (Å²) in [6, 6.07) is 12.6. The number of aromatic nitrogens is 1. The number of rotatable bonds is 4. The molecule has 0 aliphatic carbocycles. The minimum absolute atomic E-state index is 0.250. The fourth-order valence-electron chi connectivity index (χ4n) is 3.80. The third-order valence-corrected chi connectivity index (χ3v) is 7.90. The zero-order chi connectivity index (χ0) is 19.2. The molecule has 7 heteroatoms. The van der Waals surface area contributed by atoms with Gasteiger partial charge in [0.25, 0.3) is 10.0 Å². The summed E-state index contributed by atoms with van der Waals surface area (Å²) in [5.74, 6) is 0.959. The van der Waals surface area contributed by atoms with E-state index in [1.165, 1.54) is 3.97 Å². The number of halogens is 1. The Hall–Kier alpha value is -1.83. The maximum Gasteiger partial charge on any atom is 0.269 e. The lowest BCUT2D eigenvalue weighted by atomic mass is 9.98. The van der Waals surface area contributed by atoms with Crippen molar-refractivity contribution < 1.29 is 13.2 Å². The van der Waals surface area contributed by atoms with Crippen LogP contribution in [-0.2, 0) is 10.0 Å². The van der Waals surface area contributed by atoms with Crippen molar-refractivity contribution >= 4 is 36.9 Å². The molecule has 1 aromatic heterocycles. The molecule has 0 unspecified atom stereocenters. The van der Waals surface area contributed by atoms with Gasteiger partial charge in [-0.2, -0.15) is 0 Å². The Morgan fingerprint density at radius 3 is 2.63 bits per heavy atom. The molecule has 1 atom stereocenters. The van der Waals surface area contributed by atoms with Crippen molar-refractivity contribution in [2.75, 3.05) is 27.2 Å². The molecule has 27 heavy (non-hydrogen) atoms. The first-order valence-electron chi connectivity index (χ1n) is 8.79. The quantitative estimate of drug-likeness (QED) is 0.603. The fraction of sp³-hybridized carbons (Fsp3) is 0.300. The first kappa shape index (κ1) is 18.5. The van der Waals surface area contributed by atoms with Crippen LogP contribution in [0.3, 0.4) is 0 Å². The lowest BCUT2D eigenvalue weighted by Crippen LogP contribution is -2.14. The molecule has 0 spiro atoms. The first-order chi connectivity index (χ1) is 12.9. The Labute approximate surface area is 167 Å². The zero-order valence-corrected chi connectivity index (χ0v) is 17.6. The third-order valence-electron chi connectivity index (χ3n) is 5.21. The van der Waals surface area contributed by atoms with E-state index in [9.17, 15) is 8.42 Å². The Balaban J connectivity index is 1.96. The van der Waals surface area contributed by atoms with Crippen molar-refractivity contribution in [3.8, 4) is 5.75 Å². The van der Waals surface area contributed by atoms with E-state index >= 15 is 0 Å². The summed E-state index contributed by atoms with van der Waals surface area (Å²) in [6.07, 6.45) is 2.82. The average molecular weight is 449 g/mol. The molecule has 0 radical (unpaired) electrons. The van der Waals surface area contributed by atoms with Gasteiger partial charge in [-0.05, 0) is 71.7 Å². The molecule has 0 N–H and O–H groups in total. The number of nitrogens with zero attached hydrogens (tertiary/aromatic N) is 2. The Morgan fingerprint density at radius 2 is 1.96 bits per heavy atom. The molecule has 0 saturated carbocycles. The van der Waals surface area contributed by atoms with Crippen LogP contribution in [0.25, 0.3) is 10.9 Å². The van der Waals surface area contributed by atoms with E-state index in [1.807, 2.05) is 12.1 Å². The number of likely N-dealkylation sites (N-methyl/N-ethyl adjacent to an activating group) is 1. The lowest BCUT2D eigenvalue weighted by molar-refractivity contribution is 0.412. The van der Waals surface area contributed by atoms with E-state index in [-0.39, 0.29) is 4.90 Å². The minimum atomic E-state index is -3.74. The van der Waals surface area contributed by atoms with Gasteiger partial charge in [0.15, 0.2) is 0 Å². The van der Waals surface area contributed by atoms with Gasteiger partial charge in [0.1, 0.15) is 10.6 Å². The maximum atomic E-state index is 13.4. The Kier molecular flexibility index (Phi) is 4.78. The average Bonchev–Trinajstić information content (AvgIpc) is 3.25. The molecule has 1 aliphatic heterocycles. The summed E-state index contributed by atoms with van der Waals surface area (Å²) in [7, 11) is -0.0587. The van der Waals surface area contributed by atoms with Crippen molar-refractivity contribution in [2.24, 2.45) is 0 Å². The number of methoxy groups -OCH3 is 1. The largest absolute Gasteiger partial charge is 0.497 e. The molecule has 2 aromatic carbocycles. The van der Waals surface area contributed by atoms with Gasteiger partial charge in [0.05, 0.1) is 12.6 Å². The van der Waals surface area contributed by atoms with E-state index in [1.54, 1.807) is 43.6 Å². The van der Waals surface area contributed by atoms with Gasteiger partial charge in [-0.3, -0.25) is 0 Å². The van der Waals surface area contributed by atoms with Gasteiger partial charge in [0, 0.05) is 28.7 Å². The van der Waals surface area contributed by atoms with Crippen LogP contribution in [0.4, 0.5) is 0 Å². The smallest absolute Gasteiger partial charge is 0.269 e. The van der Waals surface area contributed by atoms with E-state index < -0.39 is 10.0 Å². The van der Waals surface area contributed by atoms with Gasteiger partial charge < -0.3 is 9.64 Å². The Morgan fingerprint density at radius 1 is 1.19 bits per heavy atom. The van der Waals surface area contributed by atoms with Gasteiger partial charge in [-0.1, -0.05) is 12.1 Å². The number of hydrogen-bond donors (Lipinski definition) is 0. The van der Waals surface area contributed by atoms with E-state index in [0.717, 1.165) is 30.5 Å².